The first-order valence-electron chi connectivity index (χ1n) is 8.35. The zero-order valence-corrected chi connectivity index (χ0v) is 18.6. The second-order valence-electron chi connectivity index (χ2n) is 5.99. The van der Waals surface area contributed by atoms with E-state index in [1.54, 1.807) is 23.7 Å². The molecule has 29 heavy (non-hydrogen) atoms. The van der Waals surface area contributed by atoms with Gasteiger partial charge in [-0.25, -0.2) is 9.78 Å². The molecule has 0 aliphatic carbocycles. The molecular formula is C21H11Br2N3O2S. The Morgan fingerprint density at radius 2 is 1.90 bits per heavy atom. The van der Waals surface area contributed by atoms with Crippen LogP contribution >= 0.6 is 43.2 Å². The maximum Gasteiger partial charge on any atom is 0.345 e. The molecule has 0 radical (unpaired) electrons. The third-order valence-electron chi connectivity index (χ3n) is 4.05. The Balaban J connectivity index is 1.66. The summed E-state index contributed by atoms with van der Waals surface area (Å²) in [5.41, 5.74) is 2.10. The van der Waals surface area contributed by atoms with E-state index in [9.17, 15) is 10.1 Å². The van der Waals surface area contributed by atoms with Gasteiger partial charge in [0.2, 0.25) is 0 Å². The van der Waals surface area contributed by atoms with Crippen molar-refractivity contribution in [3.63, 3.8) is 0 Å². The van der Waals surface area contributed by atoms with Gasteiger partial charge < -0.3 is 9.73 Å². The van der Waals surface area contributed by atoms with Gasteiger partial charge in [-0.15, -0.1) is 11.3 Å². The summed E-state index contributed by atoms with van der Waals surface area (Å²) in [6, 6.07) is 16.9. The highest BCUT2D eigenvalue weighted by molar-refractivity contribution is 9.10. The largest absolute Gasteiger partial charge is 0.422 e. The molecule has 0 bridgehead atoms. The highest BCUT2D eigenvalue weighted by Gasteiger charge is 2.14. The van der Waals surface area contributed by atoms with Gasteiger partial charge in [0.15, 0.2) is 0 Å². The Labute approximate surface area is 186 Å². The van der Waals surface area contributed by atoms with E-state index in [2.05, 4.69) is 48.2 Å². The molecule has 0 saturated carbocycles. The predicted octanol–water partition coefficient (Wildman–Crippen LogP) is 6.42. The van der Waals surface area contributed by atoms with E-state index < -0.39 is 5.63 Å². The summed E-state index contributed by atoms with van der Waals surface area (Å²) in [4.78, 5) is 16.9. The lowest BCUT2D eigenvalue weighted by Crippen LogP contribution is -2.03. The van der Waals surface area contributed by atoms with Crippen LogP contribution in [0.15, 0.2) is 78.3 Å². The van der Waals surface area contributed by atoms with Crippen molar-refractivity contribution in [1.29, 1.82) is 5.26 Å². The van der Waals surface area contributed by atoms with Crippen molar-refractivity contribution >= 4 is 65.4 Å². The maximum atomic E-state index is 12.4. The second kappa shape index (κ2) is 8.33. The normalized spacial score (nSPS) is 11.4. The first kappa shape index (κ1) is 19.6. The van der Waals surface area contributed by atoms with Crippen molar-refractivity contribution in [2.75, 3.05) is 5.32 Å². The topological polar surface area (TPSA) is 78.9 Å². The number of nitriles is 1. The van der Waals surface area contributed by atoms with Gasteiger partial charge in [0.05, 0.1) is 11.3 Å². The molecule has 0 aliphatic heterocycles. The standard InChI is InChI=1S/C21H11Br2N3O2S/c22-14-1-4-16(5-2-14)25-10-13(9-24)20-26-18(11-29-20)17-8-12-7-15(23)3-6-19(12)28-21(17)27/h1-8,10-11,25H/b13-10+. The van der Waals surface area contributed by atoms with Crippen LogP contribution in [-0.2, 0) is 0 Å². The van der Waals surface area contributed by atoms with Gasteiger partial charge in [0.1, 0.15) is 22.2 Å². The number of thiazole rings is 1. The molecule has 1 N–H and O–H groups in total. The van der Waals surface area contributed by atoms with Gasteiger partial charge in [0, 0.05) is 31.6 Å². The van der Waals surface area contributed by atoms with Crippen LogP contribution in [0.5, 0.6) is 0 Å². The van der Waals surface area contributed by atoms with Gasteiger partial charge in [0.25, 0.3) is 0 Å². The van der Waals surface area contributed by atoms with Crippen molar-refractivity contribution in [3.05, 3.63) is 84.5 Å². The Morgan fingerprint density at radius 3 is 2.66 bits per heavy atom. The summed E-state index contributed by atoms with van der Waals surface area (Å²) in [6.07, 6.45) is 1.60. The summed E-state index contributed by atoms with van der Waals surface area (Å²) in [6.45, 7) is 0. The Morgan fingerprint density at radius 1 is 1.14 bits per heavy atom. The number of aromatic nitrogens is 1. The summed E-state index contributed by atoms with van der Waals surface area (Å²) >= 11 is 8.10. The van der Waals surface area contributed by atoms with Crippen LogP contribution in [0, 0.1) is 11.3 Å². The van der Waals surface area contributed by atoms with Crippen LogP contribution in [0.2, 0.25) is 0 Å². The van der Waals surface area contributed by atoms with Crippen LogP contribution in [0.25, 0.3) is 27.8 Å². The molecule has 4 rings (SSSR count). The van der Waals surface area contributed by atoms with Gasteiger partial charge in [-0.05, 0) is 48.5 Å². The van der Waals surface area contributed by atoms with Crippen LogP contribution in [0.1, 0.15) is 5.01 Å². The number of halogens is 2. The van der Waals surface area contributed by atoms with Crippen LogP contribution in [-0.4, -0.2) is 4.98 Å². The predicted molar refractivity (Wildman–Crippen MR) is 123 cm³/mol. The minimum absolute atomic E-state index is 0.358. The number of hydrogen-bond donors (Lipinski definition) is 1. The molecule has 0 atom stereocenters. The minimum Gasteiger partial charge on any atom is -0.422 e. The van der Waals surface area contributed by atoms with Gasteiger partial charge in [-0.3, -0.25) is 0 Å². The average Bonchev–Trinajstić information content (AvgIpc) is 3.19. The lowest BCUT2D eigenvalue weighted by atomic mass is 10.1. The highest BCUT2D eigenvalue weighted by atomic mass is 79.9. The minimum atomic E-state index is -0.466. The summed E-state index contributed by atoms with van der Waals surface area (Å²) in [5.74, 6) is 0. The number of rotatable bonds is 4. The van der Waals surface area contributed by atoms with Crippen molar-refractivity contribution in [3.8, 4) is 17.3 Å². The number of hydrogen-bond acceptors (Lipinski definition) is 6. The Hall–Kier alpha value is -2.73. The molecule has 0 spiro atoms. The number of allylic oxidation sites excluding steroid dienone is 1. The third-order valence-corrected chi connectivity index (χ3v) is 5.95. The van der Waals surface area contributed by atoms with E-state index in [-0.39, 0.29) is 0 Å². The first-order valence-corrected chi connectivity index (χ1v) is 10.8. The SMILES string of the molecule is N#C/C(=C\Nc1ccc(Br)cc1)c1nc(-c2cc3cc(Br)ccc3oc2=O)cs1. The fraction of sp³-hybridized carbons (Fsp3) is 0. The van der Waals surface area contributed by atoms with Crippen molar-refractivity contribution < 1.29 is 4.42 Å². The van der Waals surface area contributed by atoms with E-state index in [1.165, 1.54) is 11.3 Å². The Kier molecular flexibility index (Phi) is 5.62. The highest BCUT2D eigenvalue weighted by Crippen LogP contribution is 2.27. The fourth-order valence-corrected chi connectivity index (χ4v) is 4.07. The molecule has 0 saturated heterocycles. The molecule has 0 aliphatic rings. The van der Waals surface area contributed by atoms with Crippen molar-refractivity contribution in [2.24, 2.45) is 0 Å². The summed E-state index contributed by atoms with van der Waals surface area (Å²) in [7, 11) is 0. The number of nitrogens with zero attached hydrogens (tertiary/aromatic N) is 2. The number of fused-ring (bicyclic) bond motifs is 1. The zero-order valence-electron chi connectivity index (χ0n) is 14.6. The lowest BCUT2D eigenvalue weighted by molar-refractivity contribution is 0.563. The van der Waals surface area contributed by atoms with Gasteiger partial charge in [-0.1, -0.05) is 31.9 Å². The zero-order chi connectivity index (χ0) is 20.4. The third kappa shape index (κ3) is 4.32. The fourth-order valence-electron chi connectivity index (χ4n) is 2.64. The lowest BCUT2D eigenvalue weighted by Gasteiger charge is -2.01. The molecule has 8 heteroatoms. The maximum absolute atomic E-state index is 12.4. The molecule has 4 aromatic rings. The van der Waals surface area contributed by atoms with Crippen molar-refractivity contribution in [1.82, 2.24) is 4.98 Å². The molecular weight excluding hydrogens is 518 g/mol. The number of nitrogens with one attached hydrogen (secondary N) is 1. The van der Waals surface area contributed by atoms with E-state index in [1.807, 2.05) is 36.4 Å². The molecule has 2 aromatic carbocycles. The summed E-state index contributed by atoms with van der Waals surface area (Å²) in [5, 5.41) is 15.7. The molecule has 0 fully saturated rings. The molecule has 2 heterocycles. The Bertz CT molecular complexity index is 1330. The van der Waals surface area contributed by atoms with Crippen LogP contribution in [0.3, 0.4) is 0 Å². The molecule has 142 valence electrons. The summed E-state index contributed by atoms with van der Waals surface area (Å²) < 4.78 is 7.26. The molecule has 0 amide bonds. The van der Waals surface area contributed by atoms with E-state index in [0.717, 1.165) is 20.0 Å². The van der Waals surface area contributed by atoms with E-state index in [0.29, 0.717) is 27.4 Å². The van der Waals surface area contributed by atoms with Crippen LogP contribution in [0.4, 0.5) is 5.69 Å². The van der Waals surface area contributed by atoms with E-state index >= 15 is 0 Å². The smallest absolute Gasteiger partial charge is 0.345 e. The second-order valence-corrected chi connectivity index (χ2v) is 8.68. The molecule has 0 unspecified atom stereocenters. The quantitative estimate of drug-likeness (QED) is 0.244. The number of anilines is 1. The monoisotopic (exact) mass is 527 g/mol. The first-order chi connectivity index (χ1) is 14.0. The van der Waals surface area contributed by atoms with Gasteiger partial charge >= 0.3 is 5.63 Å². The average molecular weight is 529 g/mol. The van der Waals surface area contributed by atoms with Gasteiger partial charge in [-0.2, -0.15) is 5.26 Å². The van der Waals surface area contributed by atoms with Crippen LogP contribution < -0.4 is 10.9 Å². The molecule has 5 nitrogen and oxygen atoms in total. The number of benzene rings is 2. The van der Waals surface area contributed by atoms with Crippen molar-refractivity contribution in [2.45, 2.75) is 0 Å². The van der Waals surface area contributed by atoms with E-state index in [4.69, 9.17) is 4.42 Å². The molecule has 2 aromatic heterocycles.